The van der Waals surface area contributed by atoms with Crippen molar-refractivity contribution in [1.82, 2.24) is 9.55 Å². The van der Waals surface area contributed by atoms with E-state index in [0.29, 0.717) is 0 Å². The lowest BCUT2D eigenvalue weighted by Crippen LogP contribution is -2.32. The quantitative estimate of drug-likeness (QED) is 0.875. The Labute approximate surface area is 105 Å². The molecular formula is C11H11FN2O3S. The van der Waals surface area contributed by atoms with Gasteiger partial charge in [0, 0.05) is 4.88 Å². The molecular weight excluding hydrogens is 259 g/mol. The van der Waals surface area contributed by atoms with E-state index in [1.165, 1.54) is 11.3 Å². The first-order valence-electron chi connectivity index (χ1n) is 5.31. The van der Waals surface area contributed by atoms with E-state index in [9.17, 15) is 19.1 Å². The number of nitrogens with zero attached hydrogens (tertiary/aromatic N) is 1. The van der Waals surface area contributed by atoms with E-state index in [2.05, 4.69) is 0 Å². The minimum atomic E-state index is -1.34. The average Bonchev–Trinajstić information content (AvgIpc) is 2.79. The van der Waals surface area contributed by atoms with Crippen molar-refractivity contribution < 1.29 is 9.50 Å². The van der Waals surface area contributed by atoms with Crippen LogP contribution in [-0.4, -0.2) is 14.7 Å². The molecule has 0 aromatic carbocycles. The third kappa shape index (κ3) is 2.08. The fourth-order valence-corrected chi connectivity index (χ4v) is 2.61. The van der Waals surface area contributed by atoms with Crippen molar-refractivity contribution in [3.8, 4) is 5.88 Å². The number of aromatic nitrogens is 2. The molecule has 0 aliphatic heterocycles. The van der Waals surface area contributed by atoms with Crippen LogP contribution in [-0.2, 0) is 13.0 Å². The SMILES string of the molecule is CCc1ccsc1Cn1c(O)c(F)c(=O)[nH]c1=O. The molecule has 2 heterocycles. The number of aromatic amines is 1. The molecule has 0 saturated heterocycles. The van der Waals surface area contributed by atoms with E-state index in [1.54, 1.807) is 0 Å². The zero-order valence-electron chi connectivity index (χ0n) is 9.57. The van der Waals surface area contributed by atoms with Gasteiger partial charge in [0.25, 0.3) is 5.56 Å². The second kappa shape index (κ2) is 4.77. The lowest BCUT2D eigenvalue weighted by molar-refractivity contribution is 0.368. The number of aryl methyl sites for hydroxylation is 1. The summed E-state index contributed by atoms with van der Waals surface area (Å²) in [6.07, 6.45) is 0.778. The van der Waals surface area contributed by atoms with Crippen molar-refractivity contribution in [3.63, 3.8) is 0 Å². The molecule has 0 fully saturated rings. The molecule has 0 saturated carbocycles. The minimum Gasteiger partial charge on any atom is -0.492 e. The molecule has 2 aromatic rings. The van der Waals surface area contributed by atoms with Crippen LogP contribution < -0.4 is 11.2 Å². The molecule has 0 radical (unpaired) electrons. The molecule has 0 amide bonds. The van der Waals surface area contributed by atoms with Crippen molar-refractivity contribution in [1.29, 1.82) is 0 Å². The van der Waals surface area contributed by atoms with Gasteiger partial charge in [-0.15, -0.1) is 11.3 Å². The van der Waals surface area contributed by atoms with Crippen LogP contribution in [0, 0.1) is 5.82 Å². The smallest absolute Gasteiger partial charge is 0.331 e. The van der Waals surface area contributed by atoms with Gasteiger partial charge in [-0.2, -0.15) is 4.39 Å². The van der Waals surface area contributed by atoms with Crippen LogP contribution in [0.4, 0.5) is 4.39 Å². The highest BCUT2D eigenvalue weighted by Crippen LogP contribution is 2.20. The summed E-state index contributed by atoms with van der Waals surface area (Å²) < 4.78 is 14.0. The zero-order valence-corrected chi connectivity index (χ0v) is 10.4. The fourth-order valence-electron chi connectivity index (χ4n) is 1.65. The molecule has 2 aromatic heterocycles. The lowest BCUT2D eigenvalue weighted by Gasteiger charge is -2.08. The van der Waals surface area contributed by atoms with E-state index in [1.807, 2.05) is 23.4 Å². The first kappa shape index (κ1) is 12.6. The van der Waals surface area contributed by atoms with Gasteiger partial charge in [0.2, 0.25) is 11.7 Å². The molecule has 2 rings (SSSR count). The molecule has 0 atom stereocenters. The van der Waals surface area contributed by atoms with Gasteiger partial charge in [-0.25, -0.2) is 4.79 Å². The summed E-state index contributed by atoms with van der Waals surface area (Å²) in [5.74, 6) is -2.27. The summed E-state index contributed by atoms with van der Waals surface area (Å²) in [6.45, 7) is 2.00. The maximum Gasteiger partial charge on any atom is 0.331 e. The minimum absolute atomic E-state index is 0.0409. The Balaban J connectivity index is 2.51. The van der Waals surface area contributed by atoms with Crippen LogP contribution in [0.3, 0.4) is 0 Å². The van der Waals surface area contributed by atoms with E-state index in [-0.39, 0.29) is 6.54 Å². The number of hydrogen-bond donors (Lipinski definition) is 2. The number of halogens is 1. The largest absolute Gasteiger partial charge is 0.492 e. The molecule has 0 aliphatic carbocycles. The monoisotopic (exact) mass is 270 g/mol. The van der Waals surface area contributed by atoms with Crippen LogP contribution in [0.15, 0.2) is 21.0 Å². The summed E-state index contributed by atoms with van der Waals surface area (Å²) in [6, 6.07) is 1.91. The van der Waals surface area contributed by atoms with Crippen LogP contribution in [0.25, 0.3) is 0 Å². The molecule has 0 aliphatic rings. The molecule has 0 bridgehead atoms. The Morgan fingerprint density at radius 2 is 2.22 bits per heavy atom. The second-order valence-corrected chi connectivity index (χ2v) is 4.71. The Hall–Kier alpha value is -1.89. The lowest BCUT2D eigenvalue weighted by atomic mass is 10.2. The molecule has 7 heteroatoms. The maximum atomic E-state index is 13.2. The normalized spacial score (nSPS) is 10.8. The van der Waals surface area contributed by atoms with Gasteiger partial charge in [0.1, 0.15) is 0 Å². The van der Waals surface area contributed by atoms with E-state index < -0.39 is 22.9 Å². The Morgan fingerprint density at radius 1 is 1.50 bits per heavy atom. The Morgan fingerprint density at radius 3 is 2.89 bits per heavy atom. The summed E-state index contributed by atoms with van der Waals surface area (Å²) >= 11 is 1.41. The topological polar surface area (TPSA) is 75.1 Å². The molecule has 5 nitrogen and oxygen atoms in total. The summed E-state index contributed by atoms with van der Waals surface area (Å²) in [5.41, 5.74) is -1.01. The van der Waals surface area contributed by atoms with Crippen LogP contribution >= 0.6 is 11.3 Å². The fraction of sp³-hybridized carbons (Fsp3) is 0.273. The number of aromatic hydroxyl groups is 1. The molecule has 18 heavy (non-hydrogen) atoms. The molecule has 96 valence electrons. The maximum absolute atomic E-state index is 13.2. The van der Waals surface area contributed by atoms with E-state index in [0.717, 1.165) is 21.4 Å². The summed E-state index contributed by atoms with van der Waals surface area (Å²) in [4.78, 5) is 25.1. The number of nitrogens with one attached hydrogen (secondary N) is 1. The second-order valence-electron chi connectivity index (χ2n) is 3.71. The molecule has 0 spiro atoms. The van der Waals surface area contributed by atoms with Crippen LogP contribution in [0.1, 0.15) is 17.4 Å². The predicted octanol–water partition coefficient (Wildman–Crippen LogP) is 1.05. The molecule has 0 unspecified atom stereocenters. The van der Waals surface area contributed by atoms with Gasteiger partial charge >= 0.3 is 5.69 Å². The number of H-pyrrole nitrogens is 1. The highest BCUT2D eigenvalue weighted by atomic mass is 32.1. The van der Waals surface area contributed by atoms with Gasteiger partial charge in [-0.1, -0.05) is 6.92 Å². The van der Waals surface area contributed by atoms with Crippen molar-refractivity contribution in [2.24, 2.45) is 0 Å². The Bertz CT molecular complexity index is 686. The van der Waals surface area contributed by atoms with E-state index >= 15 is 0 Å². The third-order valence-electron chi connectivity index (χ3n) is 2.64. The van der Waals surface area contributed by atoms with Crippen molar-refractivity contribution >= 4 is 11.3 Å². The Kier molecular flexibility index (Phi) is 3.33. The average molecular weight is 270 g/mol. The van der Waals surface area contributed by atoms with Crippen molar-refractivity contribution in [3.05, 3.63) is 48.5 Å². The number of thiophene rings is 1. The number of rotatable bonds is 3. The highest BCUT2D eigenvalue weighted by molar-refractivity contribution is 7.10. The van der Waals surface area contributed by atoms with Gasteiger partial charge in [0.15, 0.2) is 0 Å². The summed E-state index contributed by atoms with van der Waals surface area (Å²) in [7, 11) is 0. The first-order valence-corrected chi connectivity index (χ1v) is 6.19. The van der Waals surface area contributed by atoms with E-state index in [4.69, 9.17) is 0 Å². The van der Waals surface area contributed by atoms with Gasteiger partial charge < -0.3 is 5.11 Å². The zero-order chi connectivity index (χ0) is 13.3. The predicted molar refractivity (Wildman–Crippen MR) is 65.7 cm³/mol. The molecule has 2 N–H and O–H groups in total. The standard InChI is InChI=1S/C11H11FN2O3S/c1-2-6-3-4-18-7(6)5-14-10(16)8(12)9(15)13-11(14)17/h3-4,16H,2,5H2,1H3,(H,13,15,17). The van der Waals surface area contributed by atoms with Crippen LogP contribution in [0.5, 0.6) is 5.88 Å². The van der Waals surface area contributed by atoms with Crippen LogP contribution in [0.2, 0.25) is 0 Å². The number of hydrogen-bond acceptors (Lipinski definition) is 4. The van der Waals surface area contributed by atoms with Crippen molar-refractivity contribution in [2.45, 2.75) is 19.9 Å². The van der Waals surface area contributed by atoms with Gasteiger partial charge in [-0.05, 0) is 23.4 Å². The first-order chi connectivity index (χ1) is 8.54. The van der Waals surface area contributed by atoms with Crippen molar-refractivity contribution in [2.75, 3.05) is 0 Å². The van der Waals surface area contributed by atoms with Gasteiger partial charge in [-0.3, -0.25) is 14.3 Å². The third-order valence-corrected chi connectivity index (χ3v) is 3.59. The van der Waals surface area contributed by atoms with Gasteiger partial charge in [0.05, 0.1) is 6.54 Å². The highest BCUT2D eigenvalue weighted by Gasteiger charge is 2.15. The summed E-state index contributed by atoms with van der Waals surface area (Å²) in [5, 5.41) is 11.4.